The molecule has 2 N–H and O–H groups in total. The van der Waals surface area contributed by atoms with Crippen molar-refractivity contribution in [2.75, 3.05) is 5.32 Å². The SMILES string of the molecule is O=C(O)CCC(=O)Nc1nc(-c2cccnc2)cs1. The molecule has 2 heterocycles. The van der Waals surface area contributed by atoms with Crippen molar-refractivity contribution in [3.05, 3.63) is 29.9 Å². The van der Waals surface area contributed by atoms with Crippen molar-refractivity contribution in [3.63, 3.8) is 0 Å². The Morgan fingerprint density at radius 2 is 2.21 bits per heavy atom. The summed E-state index contributed by atoms with van der Waals surface area (Å²) in [5, 5.41) is 13.3. The summed E-state index contributed by atoms with van der Waals surface area (Å²) in [5.74, 6) is -1.35. The molecule has 0 aliphatic carbocycles. The normalized spacial score (nSPS) is 10.1. The van der Waals surface area contributed by atoms with Crippen LogP contribution in [0, 0.1) is 0 Å². The van der Waals surface area contributed by atoms with E-state index in [0.717, 1.165) is 11.3 Å². The Balaban J connectivity index is 1.98. The Kier molecular flexibility index (Phi) is 4.19. The molecule has 0 unspecified atom stereocenters. The van der Waals surface area contributed by atoms with Gasteiger partial charge < -0.3 is 10.4 Å². The molecule has 2 rings (SSSR count). The number of carbonyl (C=O) groups excluding carboxylic acids is 1. The molecule has 0 atom stereocenters. The van der Waals surface area contributed by atoms with Crippen molar-refractivity contribution >= 4 is 28.3 Å². The fourth-order valence-corrected chi connectivity index (χ4v) is 2.12. The van der Waals surface area contributed by atoms with Crippen LogP contribution in [0.4, 0.5) is 5.13 Å². The minimum Gasteiger partial charge on any atom is -0.481 e. The van der Waals surface area contributed by atoms with Crippen molar-refractivity contribution in [2.24, 2.45) is 0 Å². The van der Waals surface area contributed by atoms with Crippen molar-refractivity contribution < 1.29 is 14.7 Å². The average Bonchev–Trinajstić information content (AvgIpc) is 2.86. The van der Waals surface area contributed by atoms with Crippen LogP contribution in [0.3, 0.4) is 0 Å². The highest BCUT2D eigenvalue weighted by molar-refractivity contribution is 7.14. The van der Waals surface area contributed by atoms with Crippen molar-refractivity contribution in [1.82, 2.24) is 9.97 Å². The monoisotopic (exact) mass is 277 g/mol. The largest absolute Gasteiger partial charge is 0.481 e. The van der Waals surface area contributed by atoms with Crippen LogP contribution in [0.5, 0.6) is 0 Å². The van der Waals surface area contributed by atoms with Crippen molar-refractivity contribution in [2.45, 2.75) is 12.8 Å². The van der Waals surface area contributed by atoms with Gasteiger partial charge in [-0.2, -0.15) is 0 Å². The molecule has 2 aromatic rings. The van der Waals surface area contributed by atoms with E-state index in [9.17, 15) is 9.59 Å². The zero-order valence-electron chi connectivity index (χ0n) is 9.87. The number of anilines is 1. The molecule has 0 bridgehead atoms. The Bertz CT molecular complexity index is 583. The topological polar surface area (TPSA) is 92.2 Å². The first kappa shape index (κ1) is 13.2. The van der Waals surface area contributed by atoms with Gasteiger partial charge in [-0.3, -0.25) is 14.6 Å². The zero-order valence-corrected chi connectivity index (χ0v) is 10.7. The van der Waals surface area contributed by atoms with Gasteiger partial charge in [0.2, 0.25) is 5.91 Å². The van der Waals surface area contributed by atoms with E-state index in [0.29, 0.717) is 5.13 Å². The zero-order chi connectivity index (χ0) is 13.7. The summed E-state index contributed by atoms with van der Waals surface area (Å²) in [6, 6.07) is 3.68. The second-order valence-corrected chi connectivity index (χ2v) is 4.58. The summed E-state index contributed by atoms with van der Waals surface area (Å²) < 4.78 is 0. The van der Waals surface area contributed by atoms with Crippen LogP contribution in [0.1, 0.15) is 12.8 Å². The molecule has 0 radical (unpaired) electrons. The number of hydrogen-bond acceptors (Lipinski definition) is 5. The summed E-state index contributed by atoms with van der Waals surface area (Å²) in [7, 11) is 0. The van der Waals surface area contributed by atoms with Crippen LogP contribution in [0.25, 0.3) is 11.3 Å². The Morgan fingerprint density at radius 1 is 1.37 bits per heavy atom. The van der Waals surface area contributed by atoms with Gasteiger partial charge in [-0.1, -0.05) is 0 Å². The minimum atomic E-state index is -0.995. The molecule has 0 aliphatic rings. The number of aliphatic carboxylic acids is 1. The van der Waals surface area contributed by atoms with Gasteiger partial charge in [-0.15, -0.1) is 11.3 Å². The lowest BCUT2D eigenvalue weighted by molar-refractivity contribution is -0.138. The quantitative estimate of drug-likeness (QED) is 0.872. The van der Waals surface area contributed by atoms with E-state index in [2.05, 4.69) is 15.3 Å². The molecule has 0 fully saturated rings. The summed E-state index contributed by atoms with van der Waals surface area (Å²) in [5.41, 5.74) is 1.59. The standard InChI is InChI=1S/C12H11N3O3S/c16-10(3-4-11(17)18)15-12-14-9(7-19-12)8-2-1-5-13-6-8/h1-2,5-7H,3-4H2,(H,17,18)(H,14,15,16). The molecule has 2 aromatic heterocycles. The van der Waals surface area contributed by atoms with Gasteiger partial charge in [0, 0.05) is 29.8 Å². The fourth-order valence-electron chi connectivity index (χ4n) is 1.38. The number of thiazole rings is 1. The maximum atomic E-state index is 11.4. The van der Waals surface area contributed by atoms with E-state index in [1.807, 2.05) is 11.4 Å². The second-order valence-electron chi connectivity index (χ2n) is 3.72. The number of carbonyl (C=O) groups is 2. The molecule has 0 saturated carbocycles. The smallest absolute Gasteiger partial charge is 0.303 e. The number of rotatable bonds is 5. The van der Waals surface area contributed by atoms with Crippen LogP contribution in [0.15, 0.2) is 29.9 Å². The molecule has 0 saturated heterocycles. The van der Waals surface area contributed by atoms with Gasteiger partial charge in [0.1, 0.15) is 0 Å². The molecule has 6 nitrogen and oxygen atoms in total. The lowest BCUT2D eigenvalue weighted by atomic mass is 10.2. The van der Waals surface area contributed by atoms with E-state index in [1.165, 1.54) is 11.3 Å². The number of carboxylic acid groups (broad SMARTS) is 1. The van der Waals surface area contributed by atoms with Gasteiger partial charge in [0.25, 0.3) is 0 Å². The third-order valence-electron chi connectivity index (χ3n) is 2.27. The number of pyridine rings is 1. The van der Waals surface area contributed by atoms with Crippen LogP contribution in [-0.2, 0) is 9.59 Å². The minimum absolute atomic E-state index is 0.0584. The average molecular weight is 277 g/mol. The number of nitrogens with zero attached hydrogens (tertiary/aromatic N) is 2. The lowest BCUT2D eigenvalue weighted by Crippen LogP contribution is -2.12. The first-order valence-corrected chi connectivity index (χ1v) is 6.40. The predicted molar refractivity (Wildman–Crippen MR) is 70.8 cm³/mol. The Hall–Kier alpha value is -2.28. The van der Waals surface area contributed by atoms with Gasteiger partial charge in [0.05, 0.1) is 12.1 Å². The highest BCUT2D eigenvalue weighted by atomic mass is 32.1. The van der Waals surface area contributed by atoms with Crippen LogP contribution < -0.4 is 5.32 Å². The van der Waals surface area contributed by atoms with Crippen LogP contribution in [-0.4, -0.2) is 27.0 Å². The van der Waals surface area contributed by atoms with Gasteiger partial charge in [-0.05, 0) is 12.1 Å². The number of hydrogen-bond donors (Lipinski definition) is 2. The lowest BCUT2D eigenvalue weighted by Gasteiger charge is -1.99. The maximum absolute atomic E-state index is 11.4. The maximum Gasteiger partial charge on any atom is 0.303 e. The van der Waals surface area contributed by atoms with Gasteiger partial charge >= 0.3 is 5.97 Å². The first-order chi connectivity index (χ1) is 9.15. The van der Waals surface area contributed by atoms with Crippen LogP contribution >= 0.6 is 11.3 Å². The first-order valence-electron chi connectivity index (χ1n) is 5.53. The fraction of sp³-hybridized carbons (Fsp3) is 0.167. The third kappa shape index (κ3) is 3.85. The molecular weight excluding hydrogens is 266 g/mol. The summed E-state index contributed by atoms with van der Waals surface area (Å²) >= 11 is 1.29. The summed E-state index contributed by atoms with van der Waals surface area (Å²) in [6.45, 7) is 0. The van der Waals surface area contributed by atoms with E-state index in [1.54, 1.807) is 18.5 Å². The van der Waals surface area contributed by atoms with Crippen LogP contribution in [0.2, 0.25) is 0 Å². The van der Waals surface area contributed by atoms with E-state index >= 15 is 0 Å². The highest BCUT2D eigenvalue weighted by Gasteiger charge is 2.09. The highest BCUT2D eigenvalue weighted by Crippen LogP contribution is 2.24. The number of aromatic nitrogens is 2. The molecule has 1 amide bonds. The predicted octanol–water partition coefficient (Wildman–Crippen LogP) is 2.01. The molecule has 0 spiro atoms. The Labute approximate surface area is 113 Å². The van der Waals surface area contributed by atoms with Crippen molar-refractivity contribution in [1.29, 1.82) is 0 Å². The summed E-state index contributed by atoms with van der Waals surface area (Å²) in [6.07, 6.45) is 3.11. The molecule has 98 valence electrons. The second kappa shape index (κ2) is 6.05. The molecule has 0 aromatic carbocycles. The molecule has 0 aliphatic heterocycles. The Morgan fingerprint density at radius 3 is 2.89 bits per heavy atom. The van der Waals surface area contributed by atoms with E-state index < -0.39 is 5.97 Å². The molecular formula is C12H11N3O3S. The number of nitrogens with one attached hydrogen (secondary N) is 1. The third-order valence-corrected chi connectivity index (χ3v) is 3.03. The molecule has 7 heteroatoms. The molecule has 19 heavy (non-hydrogen) atoms. The van der Waals surface area contributed by atoms with E-state index in [-0.39, 0.29) is 18.7 Å². The number of amides is 1. The van der Waals surface area contributed by atoms with Gasteiger partial charge in [-0.25, -0.2) is 4.98 Å². The van der Waals surface area contributed by atoms with Crippen molar-refractivity contribution in [3.8, 4) is 11.3 Å². The summed E-state index contributed by atoms with van der Waals surface area (Å²) in [4.78, 5) is 30.0. The number of carboxylic acids is 1. The van der Waals surface area contributed by atoms with E-state index in [4.69, 9.17) is 5.11 Å². The van der Waals surface area contributed by atoms with Gasteiger partial charge in [0.15, 0.2) is 5.13 Å².